The van der Waals surface area contributed by atoms with Crippen LogP contribution < -0.4 is 9.62 Å². The van der Waals surface area contributed by atoms with Crippen LogP contribution in [0.4, 0.5) is 11.4 Å². The van der Waals surface area contributed by atoms with Crippen LogP contribution in [0.5, 0.6) is 0 Å². The highest BCUT2D eigenvalue weighted by Gasteiger charge is 2.26. The van der Waals surface area contributed by atoms with E-state index in [1.54, 1.807) is 60.7 Å². The Balaban J connectivity index is 1.89. The number of sulfonamides is 1. The number of carbonyl (C=O) groups is 1. The summed E-state index contributed by atoms with van der Waals surface area (Å²) in [6.45, 7) is -0.326. The first-order valence-corrected chi connectivity index (χ1v) is 10.7. The van der Waals surface area contributed by atoms with Gasteiger partial charge >= 0.3 is 0 Å². The molecule has 0 saturated carbocycles. The Bertz CT molecular complexity index is 1010. The van der Waals surface area contributed by atoms with Gasteiger partial charge in [-0.3, -0.25) is 9.10 Å². The van der Waals surface area contributed by atoms with Gasteiger partial charge in [0.25, 0.3) is 10.0 Å². The Morgan fingerprint density at radius 2 is 1.41 bits per heavy atom. The fraction of sp³-hybridized carbons (Fsp3) is 0.0500. The molecule has 0 fully saturated rings. The standard InChI is InChI=1S/C20H17IN2O3S/c21-16-11-13-17(14-12-16)22-20(24)15-23(18-7-3-1-4-8-18)27(25,26)19-9-5-2-6-10-19/h1-14H,15H2,(H,22,24). The molecule has 3 aromatic rings. The van der Waals surface area contributed by atoms with Gasteiger partial charge in [0.05, 0.1) is 10.6 Å². The molecule has 0 radical (unpaired) electrons. The summed E-state index contributed by atoms with van der Waals surface area (Å²) in [5.41, 5.74) is 1.05. The average Bonchev–Trinajstić information content (AvgIpc) is 2.69. The maximum absolute atomic E-state index is 13.1. The van der Waals surface area contributed by atoms with Crippen molar-refractivity contribution in [2.75, 3.05) is 16.2 Å². The van der Waals surface area contributed by atoms with E-state index in [-0.39, 0.29) is 11.4 Å². The number of nitrogens with one attached hydrogen (secondary N) is 1. The lowest BCUT2D eigenvalue weighted by molar-refractivity contribution is -0.114. The van der Waals surface area contributed by atoms with E-state index in [1.165, 1.54) is 12.1 Å². The van der Waals surface area contributed by atoms with Crippen LogP contribution in [0.2, 0.25) is 0 Å². The molecular formula is C20H17IN2O3S. The zero-order chi connectivity index (χ0) is 19.3. The van der Waals surface area contributed by atoms with Crippen LogP contribution in [-0.2, 0) is 14.8 Å². The Labute approximate surface area is 172 Å². The van der Waals surface area contributed by atoms with E-state index >= 15 is 0 Å². The van der Waals surface area contributed by atoms with Crippen molar-refractivity contribution in [3.63, 3.8) is 0 Å². The number of anilines is 2. The SMILES string of the molecule is O=C(CN(c1ccccc1)S(=O)(=O)c1ccccc1)Nc1ccc(I)cc1. The summed E-state index contributed by atoms with van der Waals surface area (Å²) in [6, 6.07) is 24.0. The van der Waals surface area contributed by atoms with Crippen molar-refractivity contribution in [3.8, 4) is 0 Å². The molecule has 0 aliphatic carbocycles. The van der Waals surface area contributed by atoms with Crippen molar-refractivity contribution in [3.05, 3.63) is 88.5 Å². The Morgan fingerprint density at radius 1 is 0.852 bits per heavy atom. The highest BCUT2D eigenvalue weighted by molar-refractivity contribution is 14.1. The minimum Gasteiger partial charge on any atom is -0.325 e. The van der Waals surface area contributed by atoms with Gasteiger partial charge in [0.15, 0.2) is 0 Å². The molecule has 0 atom stereocenters. The van der Waals surface area contributed by atoms with Crippen LogP contribution in [0, 0.1) is 3.57 Å². The van der Waals surface area contributed by atoms with E-state index in [0.29, 0.717) is 11.4 Å². The second-order valence-electron chi connectivity index (χ2n) is 5.72. The lowest BCUT2D eigenvalue weighted by atomic mass is 10.3. The number of carbonyl (C=O) groups excluding carboxylic acids is 1. The van der Waals surface area contributed by atoms with Crippen LogP contribution in [0.1, 0.15) is 0 Å². The molecule has 3 aromatic carbocycles. The molecule has 5 nitrogen and oxygen atoms in total. The van der Waals surface area contributed by atoms with Crippen LogP contribution in [0.3, 0.4) is 0 Å². The molecule has 0 aromatic heterocycles. The Morgan fingerprint density at radius 3 is 2.00 bits per heavy atom. The molecular weight excluding hydrogens is 475 g/mol. The molecule has 3 rings (SSSR count). The third-order valence-electron chi connectivity index (χ3n) is 3.79. The average molecular weight is 492 g/mol. The maximum atomic E-state index is 13.1. The minimum absolute atomic E-state index is 0.135. The van der Waals surface area contributed by atoms with E-state index in [2.05, 4.69) is 27.9 Å². The minimum atomic E-state index is -3.88. The van der Waals surface area contributed by atoms with E-state index in [1.807, 2.05) is 12.1 Å². The van der Waals surface area contributed by atoms with Crippen LogP contribution in [-0.4, -0.2) is 20.9 Å². The summed E-state index contributed by atoms with van der Waals surface area (Å²) in [5, 5.41) is 2.74. The van der Waals surface area contributed by atoms with Crippen molar-refractivity contribution in [1.29, 1.82) is 0 Å². The molecule has 0 spiro atoms. The Kier molecular flexibility index (Phi) is 6.12. The Hall–Kier alpha value is -2.39. The first kappa shape index (κ1) is 19.4. The van der Waals surface area contributed by atoms with Gasteiger partial charge in [-0.25, -0.2) is 8.42 Å². The highest BCUT2D eigenvalue weighted by Crippen LogP contribution is 2.23. The maximum Gasteiger partial charge on any atom is 0.264 e. The molecule has 1 amide bonds. The monoisotopic (exact) mass is 492 g/mol. The predicted molar refractivity (Wildman–Crippen MR) is 115 cm³/mol. The largest absolute Gasteiger partial charge is 0.325 e. The molecule has 0 saturated heterocycles. The molecule has 0 aliphatic heterocycles. The van der Waals surface area contributed by atoms with Crippen molar-refractivity contribution in [2.45, 2.75) is 4.90 Å². The summed E-state index contributed by atoms with van der Waals surface area (Å²) >= 11 is 2.17. The third kappa shape index (κ3) is 4.86. The summed E-state index contributed by atoms with van der Waals surface area (Å²) in [5.74, 6) is -0.417. The van der Waals surface area contributed by atoms with Crippen LogP contribution >= 0.6 is 22.6 Å². The van der Waals surface area contributed by atoms with Gasteiger partial charge in [-0.2, -0.15) is 0 Å². The summed E-state index contributed by atoms with van der Waals surface area (Å²) in [7, 11) is -3.88. The summed E-state index contributed by atoms with van der Waals surface area (Å²) in [4.78, 5) is 12.7. The smallest absolute Gasteiger partial charge is 0.264 e. The highest BCUT2D eigenvalue weighted by atomic mass is 127. The normalized spacial score (nSPS) is 11.0. The van der Waals surface area contributed by atoms with Crippen molar-refractivity contribution >= 4 is 49.9 Å². The lowest BCUT2D eigenvalue weighted by Gasteiger charge is -2.24. The van der Waals surface area contributed by atoms with Crippen molar-refractivity contribution < 1.29 is 13.2 Å². The zero-order valence-electron chi connectivity index (χ0n) is 14.2. The molecule has 7 heteroatoms. The molecule has 138 valence electrons. The summed E-state index contributed by atoms with van der Waals surface area (Å²) in [6.07, 6.45) is 0. The van der Waals surface area contributed by atoms with E-state index in [9.17, 15) is 13.2 Å². The molecule has 0 aliphatic rings. The van der Waals surface area contributed by atoms with Crippen molar-refractivity contribution in [2.24, 2.45) is 0 Å². The molecule has 27 heavy (non-hydrogen) atoms. The lowest BCUT2D eigenvalue weighted by Crippen LogP contribution is -2.38. The number of halogens is 1. The van der Waals surface area contributed by atoms with E-state index in [4.69, 9.17) is 0 Å². The second-order valence-corrected chi connectivity index (χ2v) is 8.82. The van der Waals surface area contributed by atoms with E-state index < -0.39 is 15.9 Å². The van der Waals surface area contributed by atoms with Crippen LogP contribution in [0.15, 0.2) is 89.8 Å². The molecule has 1 N–H and O–H groups in total. The third-order valence-corrected chi connectivity index (χ3v) is 6.30. The second kappa shape index (κ2) is 8.53. The number of amides is 1. The number of rotatable bonds is 6. The number of nitrogens with zero attached hydrogens (tertiary/aromatic N) is 1. The topological polar surface area (TPSA) is 66.5 Å². The van der Waals surface area contributed by atoms with Gasteiger partial charge in [-0.05, 0) is 71.1 Å². The van der Waals surface area contributed by atoms with E-state index in [0.717, 1.165) is 7.88 Å². The summed E-state index contributed by atoms with van der Waals surface area (Å²) < 4.78 is 28.4. The van der Waals surface area contributed by atoms with Gasteiger partial charge < -0.3 is 5.32 Å². The fourth-order valence-corrected chi connectivity index (χ4v) is 4.29. The number of hydrogen-bond acceptors (Lipinski definition) is 3. The van der Waals surface area contributed by atoms with Gasteiger partial charge in [-0.15, -0.1) is 0 Å². The molecule has 0 bridgehead atoms. The van der Waals surface area contributed by atoms with Gasteiger partial charge in [0.2, 0.25) is 5.91 Å². The number of benzene rings is 3. The molecule has 0 unspecified atom stereocenters. The molecule has 0 heterocycles. The van der Waals surface area contributed by atoms with Crippen molar-refractivity contribution in [1.82, 2.24) is 0 Å². The fourth-order valence-electron chi connectivity index (χ4n) is 2.49. The number of para-hydroxylation sites is 1. The first-order valence-electron chi connectivity index (χ1n) is 8.15. The predicted octanol–water partition coefficient (Wildman–Crippen LogP) is 4.13. The quantitative estimate of drug-likeness (QED) is 0.527. The van der Waals surface area contributed by atoms with Crippen LogP contribution in [0.25, 0.3) is 0 Å². The first-order chi connectivity index (χ1) is 13.0. The number of hydrogen-bond donors (Lipinski definition) is 1. The zero-order valence-corrected chi connectivity index (χ0v) is 17.2. The van der Waals surface area contributed by atoms with Gasteiger partial charge in [0, 0.05) is 9.26 Å². The van der Waals surface area contributed by atoms with Gasteiger partial charge in [0.1, 0.15) is 6.54 Å². The van der Waals surface area contributed by atoms with Gasteiger partial charge in [-0.1, -0.05) is 36.4 Å².